The summed E-state index contributed by atoms with van der Waals surface area (Å²) in [7, 11) is 2.81. The van der Waals surface area contributed by atoms with Crippen molar-refractivity contribution in [2.75, 3.05) is 20.8 Å². The highest BCUT2D eigenvalue weighted by molar-refractivity contribution is 6.46. The molecule has 1 aliphatic rings. The minimum absolute atomic E-state index is 0.115. The van der Waals surface area contributed by atoms with Crippen molar-refractivity contribution < 1.29 is 33.7 Å². The van der Waals surface area contributed by atoms with Crippen LogP contribution in [0.5, 0.6) is 17.2 Å². The van der Waals surface area contributed by atoms with Gasteiger partial charge in [0.15, 0.2) is 0 Å². The van der Waals surface area contributed by atoms with Crippen LogP contribution in [-0.2, 0) is 14.4 Å². The Labute approximate surface area is 196 Å². The van der Waals surface area contributed by atoms with E-state index in [0.29, 0.717) is 12.0 Å². The van der Waals surface area contributed by atoms with Crippen LogP contribution < -0.4 is 14.2 Å². The molecular weight excluding hydrogens is 450 g/mol. The van der Waals surface area contributed by atoms with Gasteiger partial charge in [-0.15, -0.1) is 0 Å². The van der Waals surface area contributed by atoms with E-state index in [0.717, 1.165) is 0 Å². The lowest BCUT2D eigenvalue weighted by Gasteiger charge is -2.25. The van der Waals surface area contributed by atoms with Crippen LogP contribution in [0.3, 0.4) is 0 Å². The largest absolute Gasteiger partial charge is 0.507 e. The summed E-state index contributed by atoms with van der Waals surface area (Å²) in [4.78, 5) is 38.8. The number of halogens is 1. The Kier molecular flexibility index (Phi) is 7.28. The molecule has 1 aliphatic heterocycles. The lowest BCUT2D eigenvalue weighted by atomic mass is 9.94. The van der Waals surface area contributed by atoms with Gasteiger partial charge in [-0.25, -0.2) is 0 Å². The normalized spacial score (nSPS) is 17.2. The Bertz CT molecular complexity index is 1140. The van der Waals surface area contributed by atoms with Gasteiger partial charge in [0.2, 0.25) is 0 Å². The van der Waals surface area contributed by atoms with E-state index in [9.17, 15) is 19.5 Å². The SMILES string of the molecule is CCCN1C(=O)C(=O)/C(=C(/O)c2cc(OC)c(Cl)cc2OC)C1c1cccc(OC(C)=O)c1. The zero-order chi connectivity index (χ0) is 24.3. The maximum Gasteiger partial charge on any atom is 0.308 e. The Hall–Kier alpha value is -3.52. The summed E-state index contributed by atoms with van der Waals surface area (Å²) < 4.78 is 15.7. The Morgan fingerprint density at radius 1 is 1.12 bits per heavy atom. The number of rotatable bonds is 7. The van der Waals surface area contributed by atoms with Gasteiger partial charge in [-0.05, 0) is 30.2 Å². The number of methoxy groups -OCH3 is 2. The molecule has 0 radical (unpaired) electrons. The average molecular weight is 474 g/mol. The van der Waals surface area contributed by atoms with Crippen molar-refractivity contribution in [1.82, 2.24) is 4.90 Å². The smallest absolute Gasteiger partial charge is 0.308 e. The van der Waals surface area contributed by atoms with Gasteiger partial charge in [0.1, 0.15) is 23.0 Å². The molecule has 9 heteroatoms. The maximum atomic E-state index is 13.1. The number of ketones is 1. The third-order valence-corrected chi connectivity index (χ3v) is 5.46. The zero-order valence-corrected chi connectivity index (χ0v) is 19.4. The summed E-state index contributed by atoms with van der Waals surface area (Å²) in [6.45, 7) is 3.43. The number of amides is 1. The molecule has 0 aliphatic carbocycles. The van der Waals surface area contributed by atoms with E-state index in [2.05, 4.69) is 0 Å². The fourth-order valence-electron chi connectivity index (χ4n) is 3.80. The van der Waals surface area contributed by atoms with Gasteiger partial charge in [0.05, 0.1) is 36.4 Å². The molecule has 1 unspecified atom stereocenters. The summed E-state index contributed by atoms with van der Waals surface area (Å²) >= 11 is 6.17. The van der Waals surface area contributed by atoms with Gasteiger partial charge < -0.3 is 24.2 Å². The first-order valence-electron chi connectivity index (χ1n) is 10.2. The number of nitrogens with zero attached hydrogens (tertiary/aromatic N) is 1. The molecule has 174 valence electrons. The summed E-state index contributed by atoms with van der Waals surface area (Å²) in [6, 6.07) is 8.48. The second kappa shape index (κ2) is 9.95. The zero-order valence-electron chi connectivity index (χ0n) is 18.7. The van der Waals surface area contributed by atoms with Crippen molar-refractivity contribution in [3.8, 4) is 17.2 Å². The first-order chi connectivity index (χ1) is 15.7. The number of aliphatic hydroxyl groups excluding tert-OH is 1. The molecule has 1 saturated heterocycles. The number of carbonyl (C=O) groups is 3. The number of aliphatic hydroxyl groups is 1. The second-order valence-corrected chi connectivity index (χ2v) is 7.75. The van der Waals surface area contributed by atoms with E-state index in [-0.39, 0.29) is 40.0 Å². The standard InChI is InChI=1S/C24H24ClNO7/c1-5-9-26-21(14-7-6-8-15(10-14)33-13(2)27)20(23(29)24(26)30)22(28)16-11-19(32-4)17(25)12-18(16)31-3/h6-8,10-12,21,28H,5,9H2,1-4H3/b22-20+. The van der Waals surface area contributed by atoms with Crippen LogP contribution in [0.1, 0.15) is 37.4 Å². The molecule has 2 aromatic carbocycles. The van der Waals surface area contributed by atoms with Crippen molar-refractivity contribution in [2.24, 2.45) is 0 Å². The first-order valence-corrected chi connectivity index (χ1v) is 10.6. The molecule has 0 aromatic heterocycles. The van der Waals surface area contributed by atoms with Crippen LogP contribution >= 0.6 is 11.6 Å². The maximum absolute atomic E-state index is 13.1. The molecule has 1 amide bonds. The number of ether oxygens (including phenoxy) is 3. The molecule has 0 bridgehead atoms. The minimum Gasteiger partial charge on any atom is -0.507 e. The minimum atomic E-state index is -0.896. The molecule has 2 aromatic rings. The Balaban J connectivity index is 2.26. The highest BCUT2D eigenvalue weighted by Crippen LogP contribution is 2.43. The van der Waals surface area contributed by atoms with Gasteiger partial charge in [-0.3, -0.25) is 14.4 Å². The fourth-order valence-corrected chi connectivity index (χ4v) is 4.03. The number of likely N-dealkylation sites (tertiary alicyclic amines) is 1. The van der Waals surface area contributed by atoms with Gasteiger partial charge >= 0.3 is 5.97 Å². The molecule has 33 heavy (non-hydrogen) atoms. The number of hydrogen-bond donors (Lipinski definition) is 1. The lowest BCUT2D eigenvalue weighted by Crippen LogP contribution is -2.30. The summed E-state index contributed by atoms with van der Waals surface area (Å²) in [5.41, 5.74) is 0.535. The van der Waals surface area contributed by atoms with Crippen molar-refractivity contribution in [1.29, 1.82) is 0 Å². The molecule has 1 atom stereocenters. The summed E-state index contributed by atoms with van der Waals surface area (Å²) in [6.07, 6.45) is 0.589. The highest BCUT2D eigenvalue weighted by atomic mass is 35.5. The number of esters is 1. The molecule has 0 spiro atoms. The van der Waals surface area contributed by atoms with Gasteiger partial charge in [0, 0.05) is 19.5 Å². The second-order valence-electron chi connectivity index (χ2n) is 7.35. The van der Waals surface area contributed by atoms with E-state index < -0.39 is 29.5 Å². The van der Waals surface area contributed by atoms with E-state index in [1.807, 2.05) is 6.92 Å². The summed E-state index contributed by atoms with van der Waals surface area (Å²) in [5.74, 6) is -1.79. The van der Waals surface area contributed by atoms with Crippen LogP contribution in [-0.4, -0.2) is 48.4 Å². The van der Waals surface area contributed by atoms with Crippen LogP contribution in [0.2, 0.25) is 5.02 Å². The van der Waals surface area contributed by atoms with Gasteiger partial charge in [0.25, 0.3) is 11.7 Å². The highest BCUT2D eigenvalue weighted by Gasteiger charge is 2.46. The van der Waals surface area contributed by atoms with Crippen LogP contribution in [0.4, 0.5) is 0 Å². The first kappa shape index (κ1) is 24.1. The Morgan fingerprint density at radius 2 is 1.82 bits per heavy atom. The van der Waals surface area contributed by atoms with Crippen LogP contribution in [0.25, 0.3) is 5.76 Å². The van der Waals surface area contributed by atoms with Crippen LogP contribution in [0, 0.1) is 0 Å². The molecule has 0 saturated carbocycles. The molecular formula is C24H24ClNO7. The van der Waals surface area contributed by atoms with Crippen LogP contribution in [0.15, 0.2) is 42.0 Å². The molecule has 1 heterocycles. The van der Waals surface area contributed by atoms with Gasteiger partial charge in [-0.2, -0.15) is 0 Å². The molecule has 1 N–H and O–H groups in total. The number of hydrogen-bond acceptors (Lipinski definition) is 7. The number of carbonyl (C=O) groups excluding carboxylic acids is 3. The number of benzene rings is 2. The van der Waals surface area contributed by atoms with Crippen molar-refractivity contribution in [2.45, 2.75) is 26.3 Å². The predicted octanol–water partition coefficient (Wildman–Crippen LogP) is 4.11. The predicted molar refractivity (Wildman–Crippen MR) is 122 cm³/mol. The lowest BCUT2D eigenvalue weighted by molar-refractivity contribution is -0.139. The topological polar surface area (TPSA) is 102 Å². The third-order valence-electron chi connectivity index (χ3n) is 5.17. The monoisotopic (exact) mass is 473 g/mol. The van der Waals surface area contributed by atoms with E-state index >= 15 is 0 Å². The number of Topliss-reactive ketones (excluding diaryl/α,β-unsaturated/α-hetero) is 1. The molecule has 3 rings (SSSR count). The van der Waals surface area contributed by atoms with Gasteiger partial charge in [-0.1, -0.05) is 30.7 Å². The third kappa shape index (κ3) is 4.66. The average Bonchev–Trinajstić information content (AvgIpc) is 3.03. The fraction of sp³-hybridized carbons (Fsp3) is 0.292. The van der Waals surface area contributed by atoms with Crippen molar-refractivity contribution >= 4 is 35.0 Å². The molecule has 1 fully saturated rings. The van der Waals surface area contributed by atoms with E-state index in [4.69, 9.17) is 25.8 Å². The molecule has 8 nitrogen and oxygen atoms in total. The van der Waals surface area contributed by atoms with Crippen molar-refractivity contribution in [3.05, 3.63) is 58.1 Å². The summed E-state index contributed by atoms with van der Waals surface area (Å²) in [5, 5.41) is 11.5. The Morgan fingerprint density at radius 3 is 2.42 bits per heavy atom. The van der Waals surface area contributed by atoms with E-state index in [1.165, 1.54) is 38.2 Å². The quantitative estimate of drug-likeness (QED) is 0.212. The van der Waals surface area contributed by atoms with E-state index in [1.54, 1.807) is 24.3 Å². The van der Waals surface area contributed by atoms with Crippen molar-refractivity contribution in [3.63, 3.8) is 0 Å².